The van der Waals surface area contributed by atoms with Gasteiger partial charge in [0.2, 0.25) is 0 Å². The van der Waals surface area contributed by atoms with Crippen LogP contribution in [0.25, 0.3) is 0 Å². The molecule has 0 saturated heterocycles. The molecule has 0 bridgehead atoms. The maximum Gasteiger partial charge on any atom is 0.293 e. The van der Waals surface area contributed by atoms with E-state index in [1.54, 1.807) is 0 Å². The molecule has 1 rings (SSSR count). The van der Waals surface area contributed by atoms with E-state index in [2.05, 4.69) is 6.58 Å². The first-order valence-electron chi connectivity index (χ1n) is 3.58. The monoisotopic (exact) mass is 140 g/mol. The van der Waals surface area contributed by atoms with Gasteiger partial charge in [0, 0.05) is 0 Å². The van der Waals surface area contributed by atoms with Crippen molar-refractivity contribution in [1.29, 1.82) is 0 Å². The first-order valence-corrected chi connectivity index (χ1v) is 3.58. The molecule has 0 heterocycles. The topological polar surface area (TPSA) is 26.3 Å². The van der Waals surface area contributed by atoms with Gasteiger partial charge in [0.05, 0.1) is 0 Å². The van der Waals surface area contributed by atoms with Crippen LogP contribution in [0.2, 0.25) is 0 Å². The fraction of sp³-hybridized carbons (Fsp3) is 0.625. The van der Waals surface area contributed by atoms with Gasteiger partial charge in [-0.25, -0.2) is 0 Å². The van der Waals surface area contributed by atoms with Gasteiger partial charge in [-0.3, -0.25) is 4.79 Å². The third kappa shape index (κ3) is 1.87. The number of ether oxygens (including phenoxy) is 1. The molecule has 0 aromatic heterocycles. The molecule has 0 amide bonds. The number of carbonyl (C=O) groups is 1. The molecule has 0 aliphatic heterocycles. The second-order valence-electron chi connectivity index (χ2n) is 2.63. The van der Waals surface area contributed by atoms with Gasteiger partial charge in [0.1, 0.15) is 6.10 Å². The molecule has 2 heteroatoms. The van der Waals surface area contributed by atoms with Crippen LogP contribution in [0.1, 0.15) is 19.3 Å². The Kier molecular flexibility index (Phi) is 2.49. The number of hydrogen-bond acceptors (Lipinski definition) is 2. The van der Waals surface area contributed by atoms with Crippen molar-refractivity contribution >= 4 is 6.47 Å². The molecular formula is C8H12O2. The Bertz CT molecular complexity index is 131. The number of rotatable bonds is 5. The molecule has 0 aromatic carbocycles. The molecule has 10 heavy (non-hydrogen) atoms. The molecule has 1 fully saturated rings. The van der Waals surface area contributed by atoms with E-state index in [1.807, 2.05) is 6.08 Å². The summed E-state index contributed by atoms with van der Waals surface area (Å²) in [5.41, 5.74) is 0. The Labute approximate surface area is 60.9 Å². The minimum Gasteiger partial charge on any atom is -0.464 e. The molecule has 0 unspecified atom stereocenters. The van der Waals surface area contributed by atoms with Gasteiger partial charge in [-0.15, -0.1) is 6.58 Å². The van der Waals surface area contributed by atoms with Crippen LogP contribution < -0.4 is 0 Å². The zero-order chi connectivity index (χ0) is 7.40. The van der Waals surface area contributed by atoms with Crippen molar-refractivity contribution in [2.45, 2.75) is 25.4 Å². The lowest BCUT2D eigenvalue weighted by Crippen LogP contribution is -1.93. The van der Waals surface area contributed by atoms with Crippen molar-refractivity contribution < 1.29 is 9.53 Å². The van der Waals surface area contributed by atoms with Crippen LogP contribution >= 0.6 is 0 Å². The molecular weight excluding hydrogens is 128 g/mol. The Morgan fingerprint density at radius 2 is 2.50 bits per heavy atom. The molecule has 2 atom stereocenters. The minimum atomic E-state index is 0.220. The standard InChI is InChI=1S/C8H12O2/c1-2-3-4-7-5-8(7)10-6-9/h2,6-8H,1,3-5H2/t7-,8-/m1/s1. The van der Waals surface area contributed by atoms with Gasteiger partial charge in [-0.05, 0) is 25.2 Å². The van der Waals surface area contributed by atoms with Crippen molar-refractivity contribution in [3.8, 4) is 0 Å². The quantitative estimate of drug-likeness (QED) is 0.427. The zero-order valence-electron chi connectivity index (χ0n) is 5.95. The van der Waals surface area contributed by atoms with E-state index >= 15 is 0 Å². The van der Waals surface area contributed by atoms with Crippen molar-refractivity contribution in [2.75, 3.05) is 0 Å². The van der Waals surface area contributed by atoms with Crippen molar-refractivity contribution in [3.63, 3.8) is 0 Å². The summed E-state index contributed by atoms with van der Waals surface area (Å²) in [5.74, 6) is 0.614. The van der Waals surface area contributed by atoms with Gasteiger partial charge in [0.15, 0.2) is 0 Å². The van der Waals surface area contributed by atoms with Crippen molar-refractivity contribution in [1.82, 2.24) is 0 Å². The second kappa shape index (κ2) is 3.40. The Hall–Kier alpha value is -0.790. The van der Waals surface area contributed by atoms with E-state index in [1.165, 1.54) is 0 Å². The van der Waals surface area contributed by atoms with Crippen LogP contribution in [0.15, 0.2) is 12.7 Å². The predicted octanol–water partition coefficient (Wildman–Crippen LogP) is 1.51. The summed E-state index contributed by atoms with van der Waals surface area (Å²) >= 11 is 0. The molecule has 0 aromatic rings. The van der Waals surface area contributed by atoms with Gasteiger partial charge >= 0.3 is 0 Å². The maximum atomic E-state index is 9.83. The summed E-state index contributed by atoms with van der Waals surface area (Å²) in [7, 11) is 0. The fourth-order valence-corrected chi connectivity index (χ4v) is 1.09. The highest BCUT2D eigenvalue weighted by atomic mass is 16.5. The first kappa shape index (κ1) is 7.32. The zero-order valence-corrected chi connectivity index (χ0v) is 5.95. The Morgan fingerprint density at radius 1 is 1.70 bits per heavy atom. The molecule has 1 saturated carbocycles. The van der Waals surface area contributed by atoms with Crippen molar-refractivity contribution in [3.05, 3.63) is 12.7 Å². The normalized spacial score (nSPS) is 29.2. The average molecular weight is 140 g/mol. The summed E-state index contributed by atoms with van der Waals surface area (Å²) in [6.45, 7) is 4.16. The van der Waals surface area contributed by atoms with Crippen LogP contribution in [-0.2, 0) is 9.53 Å². The largest absolute Gasteiger partial charge is 0.464 e. The van der Waals surface area contributed by atoms with Crippen molar-refractivity contribution in [2.24, 2.45) is 5.92 Å². The molecule has 56 valence electrons. The lowest BCUT2D eigenvalue weighted by molar-refractivity contribution is -0.130. The highest BCUT2D eigenvalue weighted by Gasteiger charge is 2.37. The summed E-state index contributed by atoms with van der Waals surface area (Å²) in [5, 5.41) is 0. The third-order valence-corrected chi connectivity index (χ3v) is 1.83. The minimum absolute atomic E-state index is 0.220. The average Bonchev–Trinajstić information content (AvgIpc) is 2.65. The molecule has 2 nitrogen and oxygen atoms in total. The van der Waals surface area contributed by atoms with Crippen LogP contribution in [0.3, 0.4) is 0 Å². The highest BCUT2D eigenvalue weighted by Crippen LogP contribution is 2.36. The fourth-order valence-electron chi connectivity index (χ4n) is 1.09. The highest BCUT2D eigenvalue weighted by molar-refractivity contribution is 5.38. The molecule has 1 aliphatic rings. The van der Waals surface area contributed by atoms with Crippen LogP contribution in [0, 0.1) is 5.92 Å². The van der Waals surface area contributed by atoms with E-state index in [-0.39, 0.29) is 6.10 Å². The lowest BCUT2D eigenvalue weighted by atomic mass is 10.2. The van der Waals surface area contributed by atoms with Crippen LogP contribution in [0.4, 0.5) is 0 Å². The molecule has 0 radical (unpaired) electrons. The Morgan fingerprint density at radius 3 is 3.10 bits per heavy atom. The van der Waals surface area contributed by atoms with Crippen LogP contribution in [-0.4, -0.2) is 12.6 Å². The predicted molar refractivity (Wildman–Crippen MR) is 38.5 cm³/mol. The van der Waals surface area contributed by atoms with E-state index in [4.69, 9.17) is 4.74 Å². The number of hydrogen-bond donors (Lipinski definition) is 0. The van der Waals surface area contributed by atoms with E-state index in [0.717, 1.165) is 19.3 Å². The van der Waals surface area contributed by atoms with E-state index in [0.29, 0.717) is 12.4 Å². The number of carbonyl (C=O) groups excluding carboxylic acids is 1. The summed E-state index contributed by atoms with van der Waals surface area (Å²) < 4.78 is 4.75. The van der Waals surface area contributed by atoms with Gasteiger partial charge in [-0.1, -0.05) is 6.08 Å². The third-order valence-electron chi connectivity index (χ3n) is 1.83. The smallest absolute Gasteiger partial charge is 0.293 e. The maximum absolute atomic E-state index is 9.83. The van der Waals surface area contributed by atoms with Gasteiger partial charge in [0.25, 0.3) is 6.47 Å². The summed E-state index contributed by atoms with van der Waals surface area (Å²) in [6.07, 6.45) is 5.31. The summed E-state index contributed by atoms with van der Waals surface area (Å²) in [6, 6.07) is 0. The van der Waals surface area contributed by atoms with Gasteiger partial charge < -0.3 is 4.74 Å². The van der Waals surface area contributed by atoms with Crippen LogP contribution in [0.5, 0.6) is 0 Å². The second-order valence-corrected chi connectivity index (χ2v) is 2.63. The van der Waals surface area contributed by atoms with Gasteiger partial charge in [-0.2, -0.15) is 0 Å². The van der Waals surface area contributed by atoms with E-state index < -0.39 is 0 Å². The SMILES string of the molecule is C=CCC[C@@H]1C[C@H]1OC=O. The molecule has 0 N–H and O–H groups in total. The molecule has 0 spiro atoms. The summed E-state index contributed by atoms with van der Waals surface area (Å²) in [4.78, 5) is 9.83. The first-order chi connectivity index (χ1) is 4.88. The Balaban J connectivity index is 2.01. The lowest BCUT2D eigenvalue weighted by Gasteiger charge is -1.93. The number of allylic oxidation sites excluding steroid dienone is 1. The molecule has 1 aliphatic carbocycles. The van der Waals surface area contributed by atoms with E-state index in [9.17, 15) is 4.79 Å².